The van der Waals surface area contributed by atoms with Crippen LogP contribution in [0, 0.1) is 0 Å². The van der Waals surface area contributed by atoms with E-state index in [0.717, 1.165) is 10.0 Å². The van der Waals surface area contributed by atoms with Crippen LogP contribution >= 0.6 is 28.1 Å². The van der Waals surface area contributed by atoms with Gasteiger partial charge in [0.1, 0.15) is 6.61 Å². The Kier molecular flexibility index (Phi) is 8.00. The van der Waals surface area contributed by atoms with Gasteiger partial charge in [-0.05, 0) is 55.0 Å². The molecule has 0 aliphatic carbocycles. The summed E-state index contributed by atoms with van der Waals surface area (Å²) < 4.78 is 11.2. The third-order valence-corrected chi connectivity index (χ3v) is 5.97. The van der Waals surface area contributed by atoms with Gasteiger partial charge in [-0.1, -0.05) is 34.1 Å². The number of hydrogen-bond acceptors (Lipinski definition) is 5. The number of carbonyl (C=O) groups excluding carboxylic acids is 2. The molecular weight excluding hydrogens is 494 g/mol. The molecule has 0 aromatic heterocycles. The number of carbonyl (C=O) groups is 2. The van der Waals surface area contributed by atoms with E-state index in [0.29, 0.717) is 34.2 Å². The highest BCUT2D eigenvalue weighted by Gasteiger charge is 2.33. The third-order valence-electron chi connectivity index (χ3n) is 5.08. The summed E-state index contributed by atoms with van der Waals surface area (Å²) in [7, 11) is 3.34. The first-order valence-electron chi connectivity index (χ1n) is 9.89. The van der Waals surface area contributed by atoms with Crippen molar-refractivity contribution in [1.82, 2.24) is 10.2 Å². The smallest absolute Gasteiger partial charge is 0.338 e. The summed E-state index contributed by atoms with van der Waals surface area (Å²) >= 11 is 8.79. The number of halogens is 1. The lowest BCUT2D eigenvalue weighted by Gasteiger charge is -2.35. The Hall–Kier alpha value is -2.75. The second-order valence-corrected chi connectivity index (χ2v) is 8.46. The zero-order chi connectivity index (χ0) is 23.3. The summed E-state index contributed by atoms with van der Waals surface area (Å²) in [6, 6.07) is 14.0. The number of rotatable bonds is 7. The molecule has 1 unspecified atom stereocenters. The molecule has 0 fully saturated rings. The van der Waals surface area contributed by atoms with E-state index in [9.17, 15) is 9.59 Å². The fraction of sp³-hybridized carbons (Fsp3) is 0.261. The molecule has 9 heteroatoms. The van der Waals surface area contributed by atoms with Crippen LogP contribution in [0.3, 0.4) is 0 Å². The number of ether oxygens (including phenoxy) is 2. The van der Waals surface area contributed by atoms with Crippen LogP contribution in [0.1, 0.15) is 28.9 Å². The van der Waals surface area contributed by atoms with Gasteiger partial charge in [0.15, 0.2) is 5.11 Å². The van der Waals surface area contributed by atoms with E-state index in [-0.39, 0.29) is 12.5 Å². The van der Waals surface area contributed by atoms with Crippen LogP contribution in [0.15, 0.2) is 64.3 Å². The van der Waals surface area contributed by atoms with Crippen LogP contribution in [-0.4, -0.2) is 49.3 Å². The zero-order valence-corrected chi connectivity index (χ0v) is 20.4. The molecule has 2 aromatic carbocycles. The molecule has 0 bridgehead atoms. The van der Waals surface area contributed by atoms with Gasteiger partial charge >= 0.3 is 5.97 Å². The summed E-state index contributed by atoms with van der Waals surface area (Å²) in [4.78, 5) is 27.0. The van der Waals surface area contributed by atoms with E-state index in [1.807, 2.05) is 25.1 Å². The molecular formula is C23H24BrN3O4S. The maximum Gasteiger partial charge on any atom is 0.338 e. The molecule has 0 saturated carbocycles. The minimum Gasteiger partial charge on any atom is -0.460 e. The highest BCUT2D eigenvalue weighted by atomic mass is 79.9. The SMILES string of the molecule is COCCOC(=O)C1=C(C)N(C)C(=S)NC1c1ccc(NC(=O)c2cccc(Br)c2)cc1. The molecule has 1 aliphatic heterocycles. The fourth-order valence-electron chi connectivity index (χ4n) is 3.24. The van der Waals surface area contributed by atoms with Crippen molar-refractivity contribution in [3.8, 4) is 0 Å². The van der Waals surface area contributed by atoms with Crippen molar-refractivity contribution in [3.05, 3.63) is 75.4 Å². The van der Waals surface area contributed by atoms with Crippen LogP contribution in [0.5, 0.6) is 0 Å². The first kappa shape index (κ1) is 23.9. The number of methoxy groups -OCH3 is 1. The van der Waals surface area contributed by atoms with Gasteiger partial charge in [0.05, 0.1) is 18.2 Å². The maximum atomic E-state index is 12.8. The number of amides is 1. The van der Waals surface area contributed by atoms with Gasteiger partial charge < -0.3 is 25.0 Å². The van der Waals surface area contributed by atoms with E-state index in [1.54, 1.807) is 49.4 Å². The van der Waals surface area contributed by atoms with E-state index < -0.39 is 12.0 Å². The second kappa shape index (κ2) is 10.7. The monoisotopic (exact) mass is 517 g/mol. The zero-order valence-electron chi connectivity index (χ0n) is 18.0. The van der Waals surface area contributed by atoms with Crippen molar-refractivity contribution in [2.24, 2.45) is 0 Å². The van der Waals surface area contributed by atoms with Crippen molar-refractivity contribution in [2.75, 3.05) is 32.7 Å². The van der Waals surface area contributed by atoms with Gasteiger partial charge in [-0.2, -0.15) is 0 Å². The molecule has 7 nitrogen and oxygen atoms in total. The maximum absolute atomic E-state index is 12.8. The Labute approximate surface area is 200 Å². The van der Waals surface area contributed by atoms with Crippen LogP contribution in [0.4, 0.5) is 5.69 Å². The van der Waals surface area contributed by atoms with E-state index in [1.165, 1.54) is 0 Å². The predicted octanol–water partition coefficient (Wildman–Crippen LogP) is 4.03. The number of hydrogen-bond donors (Lipinski definition) is 2. The molecule has 32 heavy (non-hydrogen) atoms. The lowest BCUT2D eigenvalue weighted by Crippen LogP contribution is -2.46. The Morgan fingerprint density at radius 3 is 2.56 bits per heavy atom. The van der Waals surface area contributed by atoms with Gasteiger partial charge in [0, 0.05) is 35.6 Å². The van der Waals surface area contributed by atoms with Crippen molar-refractivity contribution in [2.45, 2.75) is 13.0 Å². The minimum atomic E-state index is -0.469. The molecule has 0 spiro atoms. The predicted molar refractivity (Wildman–Crippen MR) is 130 cm³/mol. The summed E-state index contributed by atoms with van der Waals surface area (Å²) in [6.45, 7) is 2.31. The Balaban J connectivity index is 1.81. The lowest BCUT2D eigenvalue weighted by atomic mass is 9.95. The highest BCUT2D eigenvalue weighted by molar-refractivity contribution is 9.10. The minimum absolute atomic E-state index is 0.160. The van der Waals surface area contributed by atoms with Gasteiger partial charge in [-0.3, -0.25) is 4.79 Å². The van der Waals surface area contributed by atoms with Crippen molar-refractivity contribution in [3.63, 3.8) is 0 Å². The topological polar surface area (TPSA) is 79.9 Å². The largest absolute Gasteiger partial charge is 0.460 e. The molecule has 2 N–H and O–H groups in total. The van der Waals surface area contributed by atoms with Crippen LogP contribution in [0.2, 0.25) is 0 Å². The van der Waals surface area contributed by atoms with E-state index >= 15 is 0 Å². The first-order chi connectivity index (χ1) is 15.3. The van der Waals surface area contributed by atoms with E-state index in [4.69, 9.17) is 21.7 Å². The molecule has 0 saturated heterocycles. The van der Waals surface area contributed by atoms with Gasteiger partial charge in [0.25, 0.3) is 5.91 Å². The molecule has 1 amide bonds. The van der Waals surface area contributed by atoms with Crippen LogP contribution in [-0.2, 0) is 14.3 Å². The molecule has 1 aliphatic rings. The number of allylic oxidation sites excluding steroid dienone is 1. The number of nitrogens with zero attached hydrogens (tertiary/aromatic N) is 1. The lowest BCUT2D eigenvalue weighted by molar-refractivity contribution is -0.140. The van der Waals surface area contributed by atoms with Crippen molar-refractivity contribution >= 4 is 50.8 Å². The van der Waals surface area contributed by atoms with Crippen LogP contribution in [0.25, 0.3) is 0 Å². The van der Waals surface area contributed by atoms with Gasteiger partial charge in [-0.25, -0.2) is 4.79 Å². The molecule has 1 heterocycles. The first-order valence-corrected chi connectivity index (χ1v) is 11.1. The Morgan fingerprint density at radius 2 is 1.91 bits per heavy atom. The number of thiocarbonyl (C=S) groups is 1. The molecule has 2 aromatic rings. The summed E-state index contributed by atoms with van der Waals surface area (Å²) in [6.07, 6.45) is 0. The summed E-state index contributed by atoms with van der Waals surface area (Å²) in [5.41, 5.74) is 3.19. The average molecular weight is 518 g/mol. The second-order valence-electron chi connectivity index (χ2n) is 7.16. The molecule has 168 valence electrons. The van der Waals surface area contributed by atoms with Gasteiger partial charge in [-0.15, -0.1) is 0 Å². The molecule has 1 atom stereocenters. The number of esters is 1. The average Bonchev–Trinajstić information content (AvgIpc) is 2.78. The quantitative estimate of drug-likeness (QED) is 0.326. The van der Waals surface area contributed by atoms with Crippen molar-refractivity contribution in [1.29, 1.82) is 0 Å². The van der Waals surface area contributed by atoms with Crippen molar-refractivity contribution < 1.29 is 19.1 Å². The van der Waals surface area contributed by atoms with Gasteiger partial charge in [0.2, 0.25) is 0 Å². The number of anilines is 1. The van der Waals surface area contributed by atoms with Crippen LogP contribution < -0.4 is 10.6 Å². The third kappa shape index (κ3) is 5.53. The molecule has 3 rings (SSSR count). The Bertz CT molecular complexity index is 1060. The fourth-order valence-corrected chi connectivity index (χ4v) is 3.89. The summed E-state index contributed by atoms with van der Waals surface area (Å²) in [5.74, 6) is -0.644. The normalized spacial score (nSPS) is 15.9. The standard InChI is InChI=1S/C23H24BrN3O4S/c1-14-19(22(29)31-12-11-30-3)20(26-23(32)27(14)2)15-7-9-18(10-8-15)25-21(28)16-5-4-6-17(24)13-16/h4-10,13,20H,11-12H2,1-3H3,(H,25,28)(H,26,32). The van der Waals surface area contributed by atoms with E-state index in [2.05, 4.69) is 26.6 Å². The highest BCUT2D eigenvalue weighted by Crippen LogP contribution is 2.31. The number of benzene rings is 2. The number of nitrogens with one attached hydrogen (secondary N) is 2. The summed E-state index contributed by atoms with van der Waals surface area (Å²) in [5, 5.41) is 6.59. The Morgan fingerprint density at radius 1 is 1.19 bits per heavy atom. The molecule has 0 radical (unpaired) electrons.